The first-order valence-corrected chi connectivity index (χ1v) is 5.33. The number of rotatable bonds is 4. The lowest BCUT2D eigenvalue weighted by atomic mass is 9.97. The zero-order chi connectivity index (χ0) is 13.0. The standard InChI is InChI=1S/C13H15FO3/c1-8-6-10(14)4-5-11(8)12(15)7-9(2)13(16)17-3/h4-6,9H,7H2,1-3H3. The van der Waals surface area contributed by atoms with Gasteiger partial charge in [-0.15, -0.1) is 0 Å². The van der Waals surface area contributed by atoms with Gasteiger partial charge in [0.15, 0.2) is 5.78 Å². The van der Waals surface area contributed by atoms with Crippen molar-refractivity contribution in [1.29, 1.82) is 0 Å². The van der Waals surface area contributed by atoms with Gasteiger partial charge in [0.25, 0.3) is 0 Å². The number of ether oxygens (including phenoxy) is 1. The molecule has 0 aliphatic carbocycles. The number of benzene rings is 1. The number of esters is 1. The molecule has 92 valence electrons. The number of Topliss-reactive ketones (excluding diaryl/α,β-unsaturated/α-hetero) is 1. The first kappa shape index (κ1) is 13.4. The van der Waals surface area contributed by atoms with Gasteiger partial charge in [-0.25, -0.2) is 4.39 Å². The molecule has 3 nitrogen and oxygen atoms in total. The SMILES string of the molecule is COC(=O)C(C)CC(=O)c1ccc(F)cc1C. The second-order valence-electron chi connectivity index (χ2n) is 4.01. The predicted octanol–water partition coefficient (Wildman–Crippen LogP) is 2.52. The van der Waals surface area contributed by atoms with Gasteiger partial charge in [0.2, 0.25) is 0 Å². The number of carbonyl (C=O) groups is 2. The molecule has 0 heterocycles. The van der Waals surface area contributed by atoms with Crippen LogP contribution in [0, 0.1) is 18.7 Å². The number of hydrogen-bond acceptors (Lipinski definition) is 3. The fraction of sp³-hybridized carbons (Fsp3) is 0.385. The summed E-state index contributed by atoms with van der Waals surface area (Å²) in [6.45, 7) is 3.29. The van der Waals surface area contributed by atoms with Crippen molar-refractivity contribution in [2.24, 2.45) is 5.92 Å². The third-order valence-corrected chi connectivity index (χ3v) is 2.58. The average Bonchev–Trinajstić information content (AvgIpc) is 2.27. The molecule has 0 aromatic heterocycles. The summed E-state index contributed by atoms with van der Waals surface area (Å²) in [5.41, 5.74) is 1.02. The number of hydrogen-bond donors (Lipinski definition) is 0. The third kappa shape index (κ3) is 3.37. The van der Waals surface area contributed by atoms with E-state index < -0.39 is 11.9 Å². The van der Waals surface area contributed by atoms with Gasteiger partial charge in [-0.1, -0.05) is 6.92 Å². The Balaban J connectivity index is 2.80. The minimum absolute atomic E-state index is 0.0686. The van der Waals surface area contributed by atoms with Gasteiger partial charge in [-0.3, -0.25) is 9.59 Å². The summed E-state index contributed by atoms with van der Waals surface area (Å²) < 4.78 is 17.4. The quantitative estimate of drug-likeness (QED) is 0.598. The van der Waals surface area contributed by atoms with Gasteiger partial charge in [-0.2, -0.15) is 0 Å². The van der Waals surface area contributed by atoms with Crippen molar-refractivity contribution in [1.82, 2.24) is 0 Å². The van der Waals surface area contributed by atoms with Gasteiger partial charge in [0, 0.05) is 12.0 Å². The summed E-state index contributed by atoms with van der Waals surface area (Å²) in [6.07, 6.45) is 0.0686. The van der Waals surface area contributed by atoms with Crippen LogP contribution in [0.4, 0.5) is 4.39 Å². The van der Waals surface area contributed by atoms with Crippen molar-refractivity contribution in [2.75, 3.05) is 7.11 Å². The number of aryl methyl sites for hydroxylation is 1. The number of ketones is 1. The maximum absolute atomic E-state index is 12.9. The minimum Gasteiger partial charge on any atom is -0.469 e. The van der Waals surface area contributed by atoms with E-state index in [0.29, 0.717) is 11.1 Å². The van der Waals surface area contributed by atoms with E-state index in [1.807, 2.05) is 0 Å². The van der Waals surface area contributed by atoms with E-state index in [0.717, 1.165) is 0 Å². The topological polar surface area (TPSA) is 43.4 Å². The van der Waals surface area contributed by atoms with Crippen LogP contribution in [0.3, 0.4) is 0 Å². The predicted molar refractivity (Wildman–Crippen MR) is 61.3 cm³/mol. The minimum atomic E-state index is -0.489. The Morgan fingerprint density at radius 1 is 1.41 bits per heavy atom. The van der Waals surface area contributed by atoms with Gasteiger partial charge in [-0.05, 0) is 30.7 Å². The van der Waals surface area contributed by atoms with Crippen LogP contribution in [0.15, 0.2) is 18.2 Å². The van der Waals surface area contributed by atoms with Crippen molar-refractivity contribution >= 4 is 11.8 Å². The van der Waals surface area contributed by atoms with E-state index in [1.165, 1.54) is 25.3 Å². The molecule has 1 atom stereocenters. The van der Waals surface area contributed by atoms with E-state index in [2.05, 4.69) is 4.74 Å². The lowest BCUT2D eigenvalue weighted by Gasteiger charge is -2.09. The highest BCUT2D eigenvalue weighted by molar-refractivity contribution is 5.99. The van der Waals surface area contributed by atoms with Crippen LogP contribution < -0.4 is 0 Å². The van der Waals surface area contributed by atoms with Crippen molar-refractivity contribution in [3.05, 3.63) is 35.1 Å². The molecule has 0 aliphatic rings. The second kappa shape index (κ2) is 5.57. The molecule has 0 saturated carbocycles. The van der Waals surface area contributed by atoms with E-state index in [1.54, 1.807) is 13.8 Å². The van der Waals surface area contributed by atoms with Gasteiger partial charge >= 0.3 is 5.97 Å². The van der Waals surface area contributed by atoms with Crippen molar-refractivity contribution < 1.29 is 18.7 Å². The van der Waals surface area contributed by atoms with E-state index in [9.17, 15) is 14.0 Å². The molecule has 1 rings (SSSR count). The highest BCUT2D eigenvalue weighted by atomic mass is 19.1. The molecule has 0 bridgehead atoms. The molecule has 1 aromatic rings. The Kier molecular flexibility index (Phi) is 4.37. The number of methoxy groups -OCH3 is 1. The fourth-order valence-electron chi connectivity index (χ4n) is 1.61. The Morgan fingerprint density at radius 3 is 2.59 bits per heavy atom. The smallest absolute Gasteiger partial charge is 0.308 e. The van der Waals surface area contributed by atoms with Crippen LogP contribution in [0.1, 0.15) is 29.3 Å². The lowest BCUT2D eigenvalue weighted by Crippen LogP contribution is -2.17. The maximum atomic E-state index is 12.9. The molecule has 1 aromatic carbocycles. The molecule has 0 radical (unpaired) electrons. The normalized spacial score (nSPS) is 12.0. The summed E-state index contributed by atoms with van der Waals surface area (Å²) >= 11 is 0. The highest BCUT2D eigenvalue weighted by Crippen LogP contribution is 2.15. The lowest BCUT2D eigenvalue weighted by molar-refractivity contribution is -0.144. The van der Waals surface area contributed by atoms with Gasteiger partial charge in [0.1, 0.15) is 5.82 Å². The van der Waals surface area contributed by atoms with Crippen LogP contribution >= 0.6 is 0 Å². The summed E-state index contributed by atoms with van der Waals surface area (Å²) in [7, 11) is 1.28. The molecule has 0 aliphatic heterocycles. The zero-order valence-corrected chi connectivity index (χ0v) is 10.1. The number of carbonyl (C=O) groups excluding carboxylic acids is 2. The third-order valence-electron chi connectivity index (χ3n) is 2.58. The summed E-state index contributed by atoms with van der Waals surface area (Å²) in [4.78, 5) is 23.1. The molecule has 4 heteroatoms. The Bertz CT molecular complexity index is 440. The van der Waals surface area contributed by atoms with E-state index >= 15 is 0 Å². The molecule has 0 amide bonds. The van der Waals surface area contributed by atoms with Crippen LogP contribution in [0.25, 0.3) is 0 Å². The molecule has 0 fully saturated rings. The maximum Gasteiger partial charge on any atom is 0.308 e. The summed E-state index contributed by atoms with van der Waals surface area (Å²) in [5.74, 6) is -1.46. The average molecular weight is 238 g/mol. The zero-order valence-electron chi connectivity index (χ0n) is 10.1. The van der Waals surface area contributed by atoms with Gasteiger partial charge < -0.3 is 4.74 Å². The fourth-order valence-corrected chi connectivity index (χ4v) is 1.61. The van der Waals surface area contributed by atoms with Crippen molar-refractivity contribution in [3.8, 4) is 0 Å². The molecule has 0 spiro atoms. The van der Waals surface area contributed by atoms with Crippen molar-refractivity contribution in [2.45, 2.75) is 20.3 Å². The van der Waals surface area contributed by atoms with Crippen LogP contribution in [-0.4, -0.2) is 18.9 Å². The first-order chi connectivity index (χ1) is 7.95. The Labute approximate surface area is 99.6 Å². The first-order valence-electron chi connectivity index (χ1n) is 5.33. The largest absolute Gasteiger partial charge is 0.469 e. The van der Waals surface area contributed by atoms with E-state index in [-0.39, 0.29) is 18.0 Å². The molecular weight excluding hydrogens is 223 g/mol. The Hall–Kier alpha value is -1.71. The molecule has 17 heavy (non-hydrogen) atoms. The van der Waals surface area contributed by atoms with E-state index in [4.69, 9.17) is 0 Å². The second-order valence-corrected chi connectivity index (χ2v) is 4.01. The number of halogens is 1. The summed E-state index contributed by atoms with van der Waals surface area (Å²) in [6, 6.07) is 3.98. The van der Waals surface area contributed by atoms with Gasteiger partial charge in [0.05, 0.1) is 13.0 Å². The highest BCUT2D eigenvalue weighted by Gasteiger charge is 2.19. The monoisotopic (exact) mass is 238 g/mol. The summed E-state index contributed by atoms with van der Waals surface area (Å²) in [5, 5.41) is 0. The molecule has 1 unspecified atom stereocenters. The van der Waals surface area contributed by atoms with Crippen LogP contribution in [-0.2, 0) is 9.53 Å². The molecule has 0 saturated heterocycles. The molecule has 0 N–H and O–H groups in total. The van der Waals surface area contributed by atoms with Crippen molar-refractivity contribution in [3.63, 3.8) is 0 Å². The molecular formula is C13H15FO3. The Morgan fingerprint density at radius 2 is 2.06 bits per heavy atom. The van der Waals surface area contributed by atoms with Crippen LogP contribution in [0.2, 0.25) is 0 Å². The van der Waals surface area contributed by atoms with Crippen LogP contribution in [0.5, 0.6) is 0 Å².